The summed E-state index contributed by atoms with van der Waals surface area (Å²) in [7, 11) is 0. The Morgan fingerprint density at radius 3 is 2.47 bits per heavy atom. The molecule has 0 amide bonds. The van der Waals surface area contributed by atoms with Gasteiger partial charge in [0.1, 0.15) is 5.15 Å². The molecule has 1 aromatic heterocycles. The Bertz CT molecular complexity index is 786. The first-order valence-electron chi connectivity index (χ1n) is 10.7. The van der Waals surface area contributed by atoms with E-state index in [2.05, 4.69) is 51.7 Å². The molecule has 7 heteroatoms. The molecule has 1 aromatic carbocycles. The SMILES string of the molecule is CCNC(=NCc1ccc(CN2CCC(O)CC2)cc1)NCCc1ccc(Cl)nc1. The second kappa shape index (κ2) is 11.9. The number of hydrogen-bond acceptors (Lipinski definition) is 4. The average Bonchev–Trinajstić information content (AvgIpc) is 2.76. The zero-order chi connectivity index (χ0) is 21.2. The van der Waals surface area contributed by atoms with Gasteiger partial charge in [-0.2, -0.15) is 0 Å². The molecule has 3 N–H and O–H groups in total. The van der Waals surface area contributed by atoms with Crippen LogP contribution in [-0.2, 0) is 19.5 Å². The Morgan fingerprint density at radius 1 is 1.10 bits per heavy atom. The second-order valence-electron chi connectivity index (χ2n) is 7.68. The number of benzene rings is 1. The highest BCUT2D eigenvalue weighted by Gasteiger charge is 2.16. The number of piperidine rings is 1. The van der Waals surface area contributed by atoms with Crippen LogP contribution >= 0.6 is 11.6 Å². The van der Waals surface area contributed by atoms with Crippen molar-refractivity contribution >= 4 is 17.6 Å². The maximum atomic E-state index is 9.64. The molecule has 0 bridgehead atoms. The van der Waals surface area contributed by atoms with Gasteiger partial charge in [0.05, 0.1) is 12.6 Å². The van der Waals surface area contributed by atoms with Gasteiger partial charge in [0.2, 0.25) is 0 Å². The number of aliphatic hydroxyl groups is 1. The number of aromatic nitrogens is 1. The second-order valence-corrected chi connectivity index (χ2v) is 8.07. The van der Waals surface area contributed by atoms with E-state index in [9.17, 15) is 5.11 Å². The topological polar surface area (TPSA) is 72.8 Å². The lowest BCUT2D eigenvalue weighted by molar-refractivity contribution is 0.0792. The molecule has 0 unspecified atom stereocenters. The van der Waals surface area contributed by atoms with Crippen LogP contribution < -0.4 is 10.6 Å². The predicted molar refractivity (Wildman–Crippen MR) is 123 cm³/mol. The van der Waals surface area contributed by atoms with E-state index < -0.39 is 0 Å². The van der Waals surface area contributed by atoms with Gasteiger partial charge in [0, 0.05) is 38.9 Å². The van der Waals surface area contributed by atoms with Gasteiger partial charge in [-0.05, 0) is 48.9 Å². The molecule has 2 heterocycles. The molecule has 1 aliphatic heterocycles. The highest BCUT2D eigenvalue weighted by atomic mass is 35.5. The number of pyridine rings is 1. The largest absolute Gasteiger partial charge is 0.393 e. The molecule has 0 atom stereocenters. The van der Waals surface area contributed by atoms with Crippen LogP contribution in [0.2, 0.25) is 5.15 Å². The fourth-order valence-corrected chi connectivity index (χ4v) is 3.59. The monoisotopic (exact) mass is 429 g/mol. The zero-order valence-corrected chi connectivity index (χ0v) is 18.4. The van der Waals surface area contributed by atoms with Gasteiger partial charge in [-0.25, -0.2) is 9.98 Å². The van der Waals surface area contributed by atoms with Crippen LogP contribution in [0, 0.1) is 0 Å². The lowest BCUT2D eigenvalue weighted by Gasteiger charge is -2.29. The smallest absolute Gasteiger partial charge is 0.191 e. The van der Waals surface area contributed by atoms with Gasteiger partial charge in [-0.15, -0.1) is 0 Å². The normalized spacial score (nSPS) is 15.9. The molecule has 1 aliphatic rings. The number of halogens is 1. The number of aliphatic hydroxyl groups excluding tert-OH is 1. The summed E-state index contributed by atoms with van der Waals surface area (Å²) >= 11 is 5.83. The zero-order valence-electron chi connectivity index (χ0n) is 17.6. The molecular weight excluding hydrogens is 398 g/mol. The van der Waals surface area contributed by atoms with Crippen LogP contribution in [0.3, 0.4) is 0 Å². The van der Waals surface area contributed by atoms with E-state index in [4.69, 9.17) is 16.6 Å². The molecular formula is C23H32ClN5O. The summed E-state index contributed by atoms with van der Waals surface area (Å²) in [5, 5.41) is 16.8. The van der Waals surface area contributed by atoms with Gasteiger partial charge in [0.15, 0.2) is 5.96 Å². The number of nitrogens with zero attached hydrogens (tertiary/aromatic N) is 3. The summed E-state index contributed by atoms with van der Waals surface area (Å²) in [6.07, 6.45) is 4.30. The molecule has 3 rings (SSSR count). The summed E-state index contributed by atoms with van der Waals surface area (Å²) in [6.45, 7) is 7.17. The minimum Gasteiger partial charge on any atom is -0.393 e. The van der Waals surface area contributed by atoms with E-state index in [0.29, 0.717) is 11.7 Å². The number of likely N-dealkylation sites (tertiary alicyclic amines) is 1. The van der Waals surface area contributed by atoms with Gasteiger partial charge in [-0.1, -0.05) is 41.9 Å². The van der Waals surface area contributed by atoms with E-state index in [1.165, 1.54) is 11.1 Å². The van der Waals surface area contributed by atoms with Crippen molar-refractivity contribution < 1.29 is 5.11 Å². The fraction of sp³-hybridized carbons (Fsp3) is 0.478. The summed E-state index contributed by atoms with van der Waals surface area (Å²) in [5.74, 6) is 0.815. The molecule has 1 saturated heterocycles. The van der Waals surface area contributed by atoms with Crippen LogP contribution in [0.25, 0.3) is 0 Å². The van der Waals surface area contributed by atoms with Crippen molar-refractivity contribution in [2.24, 2.45) is 4.99 Å². The average molecular weight is 430 g/mol. The first kappa shape index (κ1) is 22.5. The standard InChI is InChI=1S/C23H32ClN5O/c1-2-25-23(26-12-9-19-7-8-22(24)27-15-19)28-16-18-3-5-20(6-4-18)17-29-13-10-21(30)11-14-29/h3-8,15,21,30H,2,9-14,16-17H2,1H3,(H2,25,26,28). The van der Waals surface area contributed by atoms with Crippen LogP contribution in [0.1, 0.15) is 36.5 Å². The Kier molecular flexibility index (Phi) is 8.93. The molecule has 6 nitrogen and oxygen atoms in total. The Balaban J connectivity index is 1.46. The van der Waals surface area contributed by atoms with Crippen molar-refractivity contribution in [2.45, 2.75) is 45.4 Å². The van der Waals surface area contributed by atoms with E-state index in [1.54, 1.807) is 0 Å². The molecule has 2 aromatic rings. The van der Waals surface area contributed by atoms with Crippen LogP contribution in [-0.4, -0.2) is 53.2 Å². The van der Waals surface area contributed by atoms with Crippen LogP contribution in [0.4, 0.5) is 0 Å². The third-order valence-electron chi connectivity index (χ3n) is 5.24. The van der Waals surface area contributed by atoms with Crippen molar-refractivity contribution in [3.8, 4) is 0 Å². The van der Waals surface area contributed by atoms with E-state index in [1.807, 2.05) is 18.3 Å². The summed E-state index contributed by atoms with van der Waals surface area (Å²) in [6, 6.07) is 12.5. The fourth-order valence-electron chi connectivity index (χ4n) is 3.48. The quantitative estimate of drug-likeness (QED) is 0.342. The Labute approximate surface area is 184 Å². The van der Waals surface area contributed by atoms with E-state index in [0.717, 1.165) is 63.5 Å². The molecule has 0 aliphatic carbocycles. The minimum atomic E-state index is -0.121. The van der Waals surface area contributed by atoms with Crippen LogP contribution in [0.15, 0.2) is 47.6 Å². The maximum Gasteiger partial charge on any atom is 0.191 e. The highest BCUT2D eigenvalue weighted by molar-refractivity contribution is 6.29. The molecule has 162 valence electrons. The number of hydrogen-bond donors (Lipinski definition) is 3. The summed E-state index contributed by atoms with van der Waals surface area (Å²) in [4.78, 5) is 11.2. The van der Waals surface area contributed by atoms with Crippen molar-refractivity contribution in [3.63, 3.8) is 0 Å². The first-order chi connectivity index (χ1) is 14.6. The lowest BCUT2D eigenvalue weighted by Crippen LogP contribution is -2.38. The number of rotatable bonds is 8. The van der Waals surface area contributed by atoms with E-state index >= 15 is 0 Å². The first-order valence-corrected chi connectivity index (χ1v) is 11.1. The predicted octanol–water partition coefficient (Wildman–Crippen LogP) is 2.99. The van der Waals surface area contributed by atoms with Gasteiger partial charge in [-0.3, -0.25) is 4.90 Å². The molecule has 1 fully saturated rings. The van der Waals surface area contributed by atoms with Gasteiger partial charge < -0.3 is 15.7 Å². The van der Waals surface area contributed by atoms with Crippen molar-refractivity contribution in [3.05, 3.63) is 64.4 Å². The summed E-state index contributed by atoms with van der Waals surface area (Å²) in [5.41, 5.74) is 3.63. The van der Waals surface area contributed by atoms with E-state index in [-0.39, 0.29) is 6.10 Å². The summed E-state index contributed by atoms with van der Waals surface area (Å²) < 4.78 is 0. The van der Waals surface area contributed by atoms with Crippen molar-refractivity contribution in [2.75, 3.05) is 26.2 Å². The molecule has 0 spiro atoms. The third kappa shape index (κ3) is 7.59. The minimum absolute atomic E-state index is 0.121. The Hall–Kier alpha value is -2.15. The third-order valence-corrected chi connectivity index (χ3v) is 5.47. The number of nitrogens with one attached hydrogen (secondary N) is 2. The number of aliphatic imine (C=N–C) groups is 1. The Morgan fingerprint density at radius 2 is 1.80 bits per heavy atom. The molecule has 0 saturated carbocycles. The number of guanidine groups is 1. The highest BCUT2D eigenvalue weighted by Crippen LogP contribution is 2.14. The van der Waals surface area contributed by atoms with Gasteiger partial charge >= 0.3 is 0 Å². The maximum absolute atomic E-state index is 9.64. The van der Waals surface area contributed by atoms with Crippen molar-refractivity contribution in [1.82, 2.24) is 20.5 Å². The van der Waals surface area contributed by atoms with Crippen molar-refractivity contribution in [1.29, 1.82) is 0 Å². The van der Waals surface area contributed by atoms with Crippen LogP contribution in [0.5, 0.6) is 0 Å². The van der Waals surface area contributed by atoms with Gasteiger partial charge in [0.25, 0.3) is 0 Å². The lowest BCUT2D eigenvalue weighted by atomic mass is 10.1. The molecule has 30 heavy (non-hydrogen) atoms. The molecule has 0 radical (unpaired) electrons.